The SMILES string of the molecule is Cc1nc(CC(NCc2cnc(-c3ccccc3C)nc2)c2ccc(Cl)cc2)cc(=O)[nH]1. The Morgan fingerprint density at radius 3 is 2.44 bits per heavy atom. The van der Waals surface area contributed by atoms with Gasteiger partial charge in [0.15, 0.2) is 5.82 Å². The average molecular weight is 446 g/mol. The highest BCUT2D eigenvalue weighted by molar-refractivity contribution is 6.30. The molecule has 0 spiro atoms. The maximum atomic E-state index is 11.9. The molecule has 0 aliphatic rings. The highest BCUT2D eigenvalue weighted by Crippen LogP contribution is 2.21. The lowest BCUT2D eigenvalue weighted by Crippen LogP contribution is -2.24. The van der Waals surface area contributed by atoms with Crippen molar-refractivity contribution in [2.75, 3.05) is 0 Å². The molecular weight excluding hydrogens is 422 g/mol. The zero-order valence-electron chi connectivity index (χ0n) is 18.0. The van der Waals surface area contributed by atoms with Gasteiger partial charge in [0.2, 0.25) is 0 Å². The fourth-order valence-electron chi connectivity index (χ4n) is 3.61. The van der Waals surface area contributed by atoms with Crippen LogP contribution in [-0.2, 0) is 13.0 Å². The van der Waals surface area contributed by atoms with Gasteiger partial charge in [-0.3, -0.25) is 4.79 Å². The van der Waals surface area contributed by atoms with Gasteiger partial charge < -0.3 is 10.3 Å². The number of rotatable bonds is 7. The maximum absolute atomic E-state index is 11.9. The Hall–Kier alpha value is -3.35. The van der Waals surface area contributed by atoms with Crippen molar-refractivity contribution in [2.45, 2.75) is 32.9 Å². The number of nitrogens with zero attached hydrogens (tertiary/aromatic N) is 3. The predicted molar refractivity (Wildman–Crippen MR) is 127 cm³/mol. The zero-order valence-corrected chi connectivity index (χ0v) is 18.7. The molecule has 0 aliphatic heterocycles. The number of hydrogen-bond acceptors (Lipinski definition) is 5. The summed E-state index contributed by atoms with van der Waals surface area (Å²) in [6.45, 7) is 4.40. The van der Waals surface area contributed by atoms with Crippen LogP contribution in [0.2, 0.25) is 5.02 Å². The van der Waals surface area contributed by atoms with Gasteiger partial charge in [0.05, 0.1) is 0 Å². The van der Waals surface area contributed by atoms with Crippen molar-refractivity contribution < 1.29 is 0 Å². The minimum atomic E-state index is -0.150. The first kappa shape index (κ1) is 21.9. The number of hydrogen-bond donors (Lipinski definition) is 2. The lowest BCUT2D eigenvalue weighted by atomic mass is 10.0. The second-order valence-corrected chi connectivity index (χ2v) is 8.18. The normalized spacial score (nSPS) is 12.0. The van der Waals surface area contributed by atoms with Crippen molar-refractivity contribution in [3.8, 4) is 11.4 Å². The predicted octanol–water partition coefficient (Wildman–Crippen LogP) is 4.57. The highest BCUT2D eigenvalue weighted by Gasteiger charge is 2.14. The molecule has 4 aromatic rings. The molecule has 1 atom stereocenters. The van der Waals surface area contributed by atoms with Gasteiger partial charge in [0.25, 0.3) is 5.56 Å². The lowest BCUT2D eigenvalue weighted by molar-refractivity contribution is 0.522. The van der Waals surface area contributed by atoms with Crippen LogP contribution in [0, 0.1) is 13.8 Å². The van der Waals surface area contributed by atoms with E-state index >= 15 is 0 Å². The van der Waals surface area contributed by atoms with Gasteiger partial charge in [0.1, 0.15) is 5.82 Å². The van der Waals surface area contributed by atoms with Gasteiger partial charge in [-0.25, -0.2) is 15.0 Å². The number of halogens is 1. The first-order chi connectivity index (χ1) is 15.5. The number of aromatic nitrogens is 4. The Morgan fingerprint density at radius 2 is 1.75 bits per heavy atom. The van der Waals surface area contributed by atoms with E-state index in [0.29, 0.717) is 29.6 Å². The summed E-state index contributed by atoms with van der Waals surface area (Å²) in [5, 5.41) is 4.23. The summed E-state index contributed by atoms with van der Waals surface area (Å²) >= 11 is 6.07. The zero-order chi connectivity index (χ0) is 22.5. The van der Waals surface area contributed by atoms with E-state index in [9.17, 15) is 4.79 Å². The molecule has 0 amide bonds. The molecule has 162 valence electrons. The molecule has 1 unspecified atom stereocenters. The van der Waals surface area contributed by atoms with Crippen LogP contribution in [-0.4, -0.2) is 19.9 Å². The Balaban J connectivity index is 1.52. The van der Waals surface area contributed by atoms with E-state index in [1.54, 1.807) is 6.92 Å². The van der Waals surface area contributed by atoms with Crippen molar-refractivity contribution in [3.63, 3.8) is 0 Å². The number of nitrogens with one attached hydrogen (secondary N) is 2. The summed E-state index contributed by atoms with van der Waals surface area (Å²) in [6, 6.07) is 17.2. The third-order valence-electron chi connectivity index (χ3n) is 5.24. The van der Waals surface area contributed by atoms with Crippen molar-refractivity contribution >= 4 is 11.6 Å². The van der Waals surface area contributed by atoms with E-state index in [2.05, 4.69) is 38.2 Å². The first-order valence-corrected chi connectivity index (χ1v) is 10.8. The number of aromatic amines is 1. The Kier molecular flexibility index (Phi) is 6.73. The first-order valence-electron chi connectivity index (χ1n) is 10.4. The molecule has 0 aliphatic carbocycles. The van der Waals surface area contributed by atoms with Gasteiger partial charge in [-0.1, -0.05) is 48.0 Å². The largest absolute Gasteiger partial charge is 0.311 e. The van der Waals surface area contributed by atoms with Crippen LogP contribution in [0.5, 0.6) is 0 Å². The second-order valence-electron chi connectivity index (χ2n) is 7.74. The molecule has 2 heterocycles. The molecule has 6 nitrogen and oxygen atoms in total. The van der Waals surface area contributed by atoms with Crippen LogP contribution in [0.15, 0.2) is 71.8 Å². The molecule has 7 heteroatoms. The number of benzene rings is 2. The fourth-order valence-corrected chi connectivity index (χ4v) is 3.73. The van der Waals surface area contributed by atoms with E-state index < -0.39 is 0 Å². The molecule has 32 heavy (non-hydrogen) atoms. The summed E-state index contributed by atoms with van der Waals surface area (Å²) < 4.78 is 0. The minimum absolute atomic E-state index is 0.0583. The topological polar surface area (TPSA) is 83.6 Å². The highest BCUT2D eigenvalue weighted by atomic mass is 35.5. The van der Waals surface area contributed by atoms with Crippen molar-refractivity contribution in [1.82, 2.24) is 25.3 Å². The van der Waals surface area contributed by atoms with E-state index in [1.807, 2.05) is 54.9 Å². The maximum Gasteiger partial charge on any atom is 0.251 e. The summed E-state index contributed by atoms with van der Waals surface area (Å²) in [7, 11) is 0. The molecule has 2 N–H and O–H groups in total. The summed E-state index contributed by atoms with van der Waals surface area (Å²) in [5.41, 5.74) is 4.78. The number of aryl methyl sites for hydroxylation is 2. The van der Waals surface area contributed by atoms with Crippen molar-refractivity contribution in [2.24, 2.45) is 0 Å². The van der Waals surface area contributed by atoms with E-state index in [1.165, 1.54) is 6.07 Å². The quantitative estimate of drug-likeness (QED) is 0.435. The Morgan fingerprint density at radius 1 is 1.03 bits per heavy atom. The molecule has 2 aromatic carbocycles. The average Bonchev–Trinajstić information content (AvgIpc) is 2.77. The van der Waals surface area contributed by atoms with Gasteiger partial charge in [-0.15, -0.1) is 0 Å². The molecule has 0 fully saturated rings. The van der Waals surface area contributed by atoms with Gasteiger partial charge in [-0.05, 0) is 37.1 Å². The monoisotopic (exact) mass is 445 g/mol. The van der Waals surface area contributed by atoms with Crippen LogP contribution >= 0.6 is 11.6 Å². The molecule has 0 saturated heterocycles. The number of H-pyrrole nitrogens is 1. The summed E-state index contributed by atoms with van der Waals surface area (Å²) in [6.07, 6.45) is 4.25. The van der Waals surface area contributed by atoms with E-state index in [4.69, 9.17) is 11.6 Å². The van der Waals surface area contributed by atoms with Crippen LogP contribution in [0.4, 0.5) is 0 Å². The Bertz CT molecular complexity index is 1250. The van der Waals surface area contributed by atoms with E-state index in [-0.39, 0.29) is 11.6 Å². The van der Waals surface area contributed by atoms with Gasteiger partial charge in [0, 0.05) is 59.3 Å². The van der Waals surface area contributed by atoms with E-state index in [0.717, 1.165) is 27.9 Å². The third kappa shape index (κ3) is 5.46. The summed E-state index contributed by atoms with van der Waals surface area (Å²) in [4.78, 5) is 28.2. The Labute approximate surface area is 191 Å². The smallest absolute Gasteiger partial charge is 0.251 e. The minimum Gasteiger partial charge on any atom is -0.311 e. The molecule has 0 saturated carbocycles. The second kappa shape index (κ2) is 9.85. The third-order valence-corrected chi connectivity index (χ3v) is 5.49. The molecule has 0 radical (unpaired) electrons. The van der Waals surface area contributed by atoms with Crippen LogP contribution in [0.3, 0.4) is 0 Å². The summed E-state index contributed by atoms with van der Waals surface area (Å²) in [5.74, 6) is 1.31. The van der Waals surface area contributed by atoms with Gasteiger partial charge in [-0.2, -0.15) is 0 Å². The fraction of sp³-hybridized carbons (Fsp3) is 0.200. The molecule has 4 rings (SSSR count). The standard InChI is InChI=1S/C25H24ClN5O/c1-16-5-3-4-6-22(16)25-28-14-18(15-29-25)13-27-23(19-7-9-20(26)10-8-19)11-21-12-24(32)31-17(2)30-21/h3-10,12,14-15,23,27H,11,13H2,1-2H3,(H,30,31,32). The van der Waals surface area contributed by atoms with Gasteiger partial charge >= 0.3 is 0 Å². The lowest BCUT2D eigenvalue weighted by Gasteiger charge is -2.19. The van der Waals surface area contributed by atoms with Crippen LogP contribution < -0.4 is 10.9 Å². The van der Waals surface area contributed by atoms with Crippen molar-refractivity contribution in [1.29, 1.82) is 0 Å². The van der Waals surface area contributed by atoms with Crippen LogP contribution in [0.25, 0.3) is 11.4 Å². The van der Waals surface area contributed by atoms with Crippen LogP contribution in [0.1, 0.15) is 34.3 Å². The molecular formula is C25H24ClN5O. The van der Waals surface area contributed by atoms with Crippen molar-refractivity contribution in [3.05, 3.63) is 111 Å². The molecule has 0 bridgehead atoms. The molecule has 2 aromatic heterocycles.